The molecule has 1 aromatic rings. The fourth-order valence-electron chi connectivity index (χ4n) is 2.37. The van der Waals surface area contributed by atoms with Crippen molar-refractivity contribution in [2.24, 2.45) is 5.92 Å². The van der Waals surface area contributed by atoms with Crippen LogP contribution >= 0.6 is 0 Å². The quantitative estimate of drug-likeness (QED) is 0.856. The van der Waals surface area contributed by atoms with Gasteiger partial charge in [-0.3, -0.25) is 0 Å². The molecule has 2 N–H and O–H groups in total. The largest absolute Gasteiger partial charge is 0.478 e. The van der Waals surface area contributed by atoms with Crippen LogP contribution in [0.2, 0.25) is 0 Å². The first kappa shape index (κ1) is 15.0. The fraction of sp³-hybridized carbons (Fsp3) is 0.462. The predicted octanol–water partition coefficient (Wildman–Crippen LogP) is 0.776. The zero-order valence-corrected chi connectivity index (χ0v) is 11.9. The summed E-state index contributed by atoms with van der Waals surface area (Å²) < 4.78 is 26.3. The zero-order valence-electron chi connectivity index (χ0n) is 11.1. The summed E-state index contributed by atoms with van der Waals surface area (Å²) >= 11 is 0. The van der Waals surface area contributed by atoms with Gasteiger partial charge in [0.1, 0.15) is 0 Å². The Morgan fingerprint density at radius 1 is 1.40 bits per heavy atom. The van der Waals surface area contributed by atoms with Crippen molar-refractivity contribution in [2.45, 2.75) is 24.3 Å². The average molecular weight is 299 g/mol. The molecule has 2 rings (SSSR count). The molecule has 7 heteroatoms. The number of aromatic carboxylic acids is 1. The van der Waals surface area contributed by atoms with Gasteiger partial charge in [-0.05, 0) is 31.4 Å². The van der Waals surface area contributed by atoms with Crippen molar-refractivity contribution >= 4 is 16.0 Å². The molecule has 0 aromatic heterocycles. The second-order valence-electron chi connectivity index (χ2n) is 4.95. The molecule has 0 amide bonds. The summed E-state index contributed by atoms with van der Waals surface area (Å²) in [5.41, 5.74) is -0.229. The maximum absolute atomic E-state index is 12.5. The molecule has 1 aliphatic heterocycles. The molecule has 0 bridgehead atoms. The van der Waals surface area contributed by atoms with Crippen molar-refractivity contribution in [1.82, 2.24) is 4.31 Å². The number of aliphatic hydroxyl groups excluding tert-OH is 1. The molecule has 0 aliphatic carbocycles. The average Bonchev–Trinajstić information content (AvgIpc) is 2.89. The number of aliphatic hydroxyl groups is 1. The van der Waals surface area contributed by atoms with Crippen molar-refractivity contribution in [3.05, 3.63) is 29.8 Å². The number of hydrogen-bond acceptors (Lipinski definition) is 4. The van der Waals surface area contributed by atoms with Crippen LogP contribution in [-0.2, 0) is 10.0 Å². The lowest BCUT2D eigenvalue weighted by atomic mass is 10.0. The fourth-order valence-corrected chi connectivity index (χ4v) is 4.07. The number of rotatable bonds is 4. The van der Waals surface area contributed by atoms with Gasteiger partial charge >= 0.3 is 5.97 Å². The molecule has 0 radical (unpaired) electrons. The highest BCUT2D eigenvalue weighted by molar-refractivity contribution is 7.89. The maximum atomic E-state index is 12.5. The van der Waals surface area contributed by atoms with Crippen LogP contribution < -0.4 is 0 Å². The molecule has 110 valence electrons. The molecule has 1 saturated heterocycles. The second-order valence-corrected chi connectivity index (χ2v) is 6.86. The molecular formula is C13H17NO5S. The summed E-state index contributed by atoms with van der Waals surface area (Å²) in [4.78, 5) is 10.9. The number of nitrogens with zero attached hydrogens (tertiary/aromatic N) is 1. The summed E-state index contributed by atoms with van der Waals surface area (Å²) in [6.45, 7) is 2.14. The summed E-state index contributed by atoms with van der Waals surface area (Å²) in [6, 6.07) is 5.57. The molecule has 2 unspecified atom stereocenters. The van der Waals surface area contributed by atoms with E-state index in [0.717, 1.165) is 0 Å². The molecule has 6 nitrogen and oxygen atoms in total. The third-order valence-electron chi connectivity index (χ3n) is 3.60. The predicted molar refractivity (Wildman–Crippen MR) is 71.9 cm³/mol. The van der Waals surface area contributed by atoms with Gasteiger partial charge in [0.05, 0.1) is 16.6 Å². The van der Waals surface area contributed by atoms with Crippen LogP contribution in [0.3, 0.4) is 0 Å². The topological polar surface area (TPSA) is 94.9 Å². The van der Waals surface area contributed by atoms with E-state index in [9.17, 15) is 18.3 Å². The molecule has 1 fully saturated rings. The summed E-state index contributed by atoms with van der Waals surface area (Å²) in [6.07, 6.45) is -0.00325. The van der Waals surface area contributed by atoms with E-state index in [-0.39, 0.29) is 22.9 Å². The van der Waals surface area contributed by atoms with Gasteiger partial charge in [-0.1, -0.05) is 12.1 Å². The number of hydrogen-bond donors (Lipinski definition) is 2. The summed E-state index contributed by atoms with van der Waals surface area (Å²) in [7, 11) is -3.84. The Bertz CT molecular complexity index is 611. The molecule has 1 aliphatic rings. The Morgan fingerprint density at radius 3 is 2.60 bits per heavy atom. The van der Waals surface area contributed by atoms with Crippen LogP contribution in [0.25, 0.3) is 0 Å². The Kier molecular flexibility index (Phi) is 4.12. The second kappa shape index (κ2) is 5.51. The lowest BCUT2D eigenvalue weighted by Gasteiger charge is -2.18. The minimum atomic E-state index is -3.84. The van der Waals surface area contributed by atoms with Gasteiger partial charge in [-0.15, -0.1) is 0 Å². The van der Waals surface area contributed by atoms with E-state index in [1.807, 2.05) is 0 Å². The smallest absolute Gasteiger partial charge is 0.337 e. The van der Waals surface area contributed by atoms with Crippen molar-refractivity contribution in [2.75, 3.05) is 13.1 Å². The Morgan fingerprint density at radius 2 is 2.05 bits per heavy atom. The van der Waals surface area contributed by atoms with Crippen LogP contribution in [0.4, 0.5) is 0 Å². The standard InChI is InChI=1S/C13H17NO5S/c1-9(15)10-6-7-14(8-10)20(18,19)12-5-3-2-4-11(12)13(16)17/h2-5,9-10,15H,6-8H2,1H3,(H,16,17). The maximum Gasteiger partial charge on any atom is 0.337 e. The first-order valence-corrected chi connectivity index (χ1v) is 7.78. The monoisotopic (exact) mass is 299 g/mol. The van der Waals surface area contributed by atoms with Gasteiger partial charge in [0, 0.05) is 13.1 Å². The van der Waals surface area contributed by atoms with Gasteiger partial charge < -0.3 is 10.2 Å². The molecular weight excluding hydrogens is 282 g/mol. The number of carboxylic acid groups (broad SMARTS) is 1. The minimum Gasteiger partial charge on any atom is -0.478 e. The van der Waals surface area contributed by atoms with E-state index in [4.69, 9.17) is 5.11 Å². The highest BCUT2D eigenvalue weighted by atomic mass is 32.2. The van der Waals surface area contributed by atoms with Crippen molar-refractivity contribution in [3.63, 3.8) is 0 Å². The van der Waals surface area contributed by atoms with Gasteiger partial charge in [-0.25, -0.2) is 13.2 Å². The molecule has 0 saturated carbocycles. The van der Waals surface area contributed by atoms with Crippen molar-refractivity contribution < 1.29 is 23.4 Å². The molecule has 1 heterocycles. The van der Waals surface area contributed by atoms with Crippen LogP contribution in [0.5, 0.6) is 0 Å². The molecule has 0 spiro atoms. The summed E-state index contributed by atoms with van der Waals surface area (Å²) in [5, 5.41) is 18.6. The number of benzene rings is 1. The third kappa shape index (κ3) is 2.70. The van der Waals surface area contributed by atoms with Crippen molar-refractivity contribution in [3.8, 4) is 0 Å². The van der Waals surface area contributed by atoms with Gasteiger partial charge in [-0.2, -0.15) is 4.31 Å². The Hall–Kier alpha value is -1.44. The Balaban J connectivity index is 2.35. The first-order valence-electron chi connectivity index (χ1n) is 6.34. The number of carbonyl (C=O) groups is 1. The normalized spacial score (nSPS) is 21.8. The molecule has 1 aromatic carbocycles. The van der Waals surface area contributed by atoms with Gasteiger partial charge in [0.2, 0.25) is 10.0 Å². The lowest BCUT2D eigenvalue weighted by Crippen LogP contribution is -2.31. The van der Waals surface area contributed by atoms with E-state index in [1.54, 1.807) is 6.92 Å². The summed E-state index contributed by atoms with van der Waals surface area (Å²) in [5.74, 6) is -1.38. The first-order chi connectivity index (χ1) is 9.34. The van der Waals surface area contributed by atoms with Crippen LogP contribution in [-0.4, -0.2) is 48.1 Å². The van der Waals surface area contributed by atoms with E-state index in [0.29, 0.717) is 13.0 Å². The Labute approximate surface area is 117 Å². The van der Waals surface area contributed by atoms with E-state index < -0.39 is 22.1 Å². The minimum absolute atomic E-state index is 0.109. The highest BCUT2D eigenvalue weighted by Gasteiger charge is 2.36. The SMILES string of the molecule is CC(O)C1CCN(S(=O)(=O)c2ccccc2C(=O)O)C1. The van der Waals surface area contributed by atoms with Crippen molar-refractivity contribution in [1.29, 1.82) is 0 Å². The van der Waals surface area contributed by atoms with Crippen LogP contribution in [0, 0.1) is 5.92 Å². The number of sulfonamides is 1. The molecule has 2 atom stereocenters. The third-order valence-corrected chi connectivity index (χ3v) is 5.53. The van der Waals surface area contributed by atoms with E-state index in [1.165, 1.54) is 28.6 Å². The van der Waals surface area contributed by atoms with E-state index in [2.05, 4.69) is 0 Å². The van der Waals surface area contributed by atoms with E-state index >= 15 is 0 Å². The molecule has 20 heavy (non-hydrogen) atoms. The zero-order chi connectivity index (χ0) is 14.9. The van der Waals surface area contributed by atoms with Gasteiger partial charge in [0.15, 0.2) is 0 Å². The van der Waals surface area contributed by atoms with Crippen LogP contribution in [0.15, 0.2) is 29.2 Å². The number of carboxylic acids is 1. The lowest BCUT2D eigenvalue weighted by molar-refractivity contribution is 0.0692. The highest BCUT2D eigenvalue weighted by Crippen LogP contribution is 2.27. The van der Waals surface area contributed by atoms with Gasteiger partial charge in [0.25, 0.3) is 0 Å². The van der Waals surface area contributed by atoms with Crippen LogP contribution in [0.1, 0.15) is 23.7 Å².